The maximum atomic E-state index is 4.83. The van der Waals surface area contributed by atoms with Crippen molar-refractivity contribution >= 4 is 43.4 Å². The standard InChI is InChI=1S/2C20H25N5S/c2*1-12-10-18(22-14(3)21-12)16-6-5-9-25(11-16)13(2)17-7-8-19-20(24-17)23-15(4)26-19/h2*7-8,10,13,16H,5-6,9,11H2,1-4H3/t13-,16+;13-,16-/m10/s1. The van der Waals surface area contributed by atoms with E-state index in [4.69, 9.17) is 19.9 Å². The van der Waals surface area contributed by atoms with E-state index in [0.717, 1.165) is 81.9 Å². The lowest BCUT2D eigenvalue weighted by molar-refractivity contribution is 0.154. The van der Waals surface area contributed by atoms with Crippen molar-refractivity contribution in [2.24, 2.45) is 0 Å². The van der Waals surface area contributed by atoms with Crippen LogP contribution in [-0.2, 0) is 0 Å². The van der Waals surface area contributed by atoms with Gasteiger partial charge in [0, 0.05) is 59.8 Å². The molecule has 0 amide bonds. The predicted octanol–water partition coefficient (Wildman–Crippen LogP) is 8.69. The van der Waals surface area contributed by atoms with Crippen LogP contribution in [0.15, 0.2) is 36.4 Å². The number of aryl methyl sites for hydroxylation is 6. The average molecular weight is 735 g/mol. The van der Waals surface area contributed by atoms with E-state index in [2.05, 4.69) is 93.8 Å². The molecule has 6 aromatic heterocycles. The topological polar surface area (TPSA) is 110 Å². The molecule has 8 rings (SSSR count). The summed E-state index contributed by atoms with van der Waals surface area (Å²) in [7, 11) is 0. The van der Waals surface area contributed by atoms with Crippen molar-refractivity contribution in [2.75, 3.05) is 26.2 Å². The molecule has 0 aliphatic carbocycles. The second kappa shape index (κ2) is 15.6. The summed E-state index contributed by atoms with van der Waals surface area (Å²) in [6, 6.07) is 13.5. The number of hydrogen-bond donors (Lipinski definition) is 0. The van der Waals surface area contributed by atoms with E-state index >= 15 is 0 Å². The van der Waals surface area contributed by atoms with Crippen LogP contribution >= 0.6 is 22.7 Å². The summed E-state index contributed by atoms with van der Waals surface area (Å²) < 4.78 is 2.34. The van der Waals surface area contributed by atoms with Crippen LogP contribution in [0.1, 0.15) is 119 Å². The number of hydrogen-bond acceptors (Lipinski definition) is 12. The van der Waals surface area contributed by atoms with E-state index in [0.29, 0.717) is 11.8 Å². The summed E-state index contributed by atoms with van der Waals surface area (Å²) in [6.07, 6.45) is 4.76. The normalized spacial score (nSPS) is 19.8. The van der Waals surface area contributed by atoms with E-state index in [1.54, 1.807) is 22.7 Å². The zero-order valence-electron chi connectivity index (χ0n) is 31.7. The third-order valence-electron chi connectivity index (χ3n) is 10.4. The van der Waals surface area contributed by atoms with Gasteiger partial charge in [-0.25, -0.2) is 39.9 Å². The SMILES string of the molecule is Cc1cc([C@H]2CCCN([C@@H](C)c3ccc4sc(C)nc4n3)C2)nc(C)n1.Cc1cc([C@H]2CCCN([C@H](C)c3ccc4sc(C)nc4n3)C2)nc(C)n1. The molecule has 12 heteroatoms. The lowest BCUT2D eigenvalue weighted by atomic mass is 9.92. The van der Waals surface area contributed by atoms with Gasteiger partial charge in [-0.3, -0.25) is 9.80 Å². The quantitative estimate of drug-likeness (QED) is 0.165. The monoisotopic (exact) mass is 734 g/mol. The molecule has 0 saturated carbocycles. The highest BCUT2D eigenvalue weighted by Crippen LogP contribution is 2.34. The number of piperidine rings is 2. The highest BCUT2D eigenvalue weighted by Gasteiger charge is 2.29. The summed E-state index contributed by atoms with van der Waals surface area (Å²) in [6.45, 7) is 20.9. The molecule has 2 aliphatic rings. The van der Waals surface area contributed by atoms with Gasteiger partial charge in [-0.1, -0.05) is 0 Å². The van der Waals surface area contributed by atoms with Crippen LogP contribution < -0.4 is 0 Å². The minimum atomic E-state index is 0.285. The smallest absolute Gasteiger partial charge is 0.170 e. The second-order valence-corrected chi connectivity index (χ2v) is 17.0. The molecule has 2 fully saturated rings. The Kier molecular flexibility index (Phi) is 11.0. The van der Waals surface area contributed by atoms with Gasteiger partial charge in [0.05, 0.1) is 30.8 Å². The highest BCUT2D eigenvalue weighted by molar-refractivity contribution is 7.18. The fourth-order valence-corrected chi connectivity index (χ4v) is 9.37. The molecule has 52 heavy (non-hydrogen) atoms. The first-order valence-corrected chi connectivity index (χ1v) is 20.2. The fourth-order valence-electron chi connectivity index (χ4n) is 7.83. The largest absolute Gasteiger partial charge is 0.294 e. The number of pyridine rings is 2. The molecular weight excluding hydrogens is 685 g/mol. The van der Waals surface area contributed by atoms with E-state index in [-0.39, 0.29) is 12.1 Å². The second-order valence-electron chi connectivity index (χ2n) is 14.6. The zero-order valence-corrected chi connectivity index (χ0v) is 33.4. The lowest BCUT2D eigenvalue weighted by Crippen LogP contribution is -2.37. The maximum Gasteiger partial charge on any atom is 0.170 e. The minimum Gasteiger partial charge on any atom is -0.294 e. The summed E-state index contributed by atoms with van der Waals surface area (Å²) in [5, 5.41) is 2.15. The van der Waals surface area contributed by atoms with Crippen molar-refractivity contribution in [3.8, 4) is 0 Å². The zero-order chi connectivity index (χ0) is 36.5. The number of thiazole rings is 2. The number of aromatic nitrogens is 8. The maximum absolute atomic E-state index is 4.83. The van der Waals surface area contributed by atoms with E-state index in [1.165, 1.54) is 46.5 Å². The van der Waals surface area contributed by atoms with Gasteiger partial charge in [0.25, 0.3) is 0 Å². The lowest BCUT2D eigenvalue weighted by Gasteiger charge is -2.36. The average Bonchev–Trinajstić information content (AvgIpc) is 3.70. The predicted molar refractivity (Wildman–Crippen MR) is 211 cm³/mol. The molecule has 0 spiro atoms. The third kappa shape index (κ3) is 8.35. The Balaban J connectivity index is 0.000000162. The molecule has 0 N–H and O–H groups in total. The molecule has 2 saturated heterocycles. The van der Waals surface area contributed by atoms with Gasteiger partial charge in [0.15, 0.2) is 11.3 Å². The molecular formula is C40H50N10S2. The first-order chi connectivity index (χ1) is 25.0. The Morgan fingerprint density at radius 2 is 0.981 bits per heavy atom. The van der Waals surface area contributed by atoms with Crippen LogP contribution in [0.2, 0.25) is 0 Å². The Bertz CT molecular complexity index is 1980. The molecule has 0 aromatic carbocycles. The molecule has 4 atom stereocenters. The van der Waals surface area contributed by atoms with Gasteiger partial charge in [-0.15, -0.1) is 22.7 Å². The van der Waals surface area contributed by atoms with Gasteiger partial charge in [-0.2, -0.15) is 0 Å². The molecule has 2 aliphatic heterocycles. The van der Waals surface area contributed by atoms with Crippen molar-refractivity contribution < 1.29 is 0 Å². The first-order valence-electron chi connectivity index (χ1n) is 18.6. The summed E-state index contributed by atoms with van der Waals surface area (Å²) in [4.78, 5) is 42.1. The van der Waals surface area contributed by atoms with E-state index < -0.39 is 0 Å². The van der Waals surface area contributed by atoms with Crippen LogP contribution in [0.5, 0.6) is 0 Å². The van der Waals surface area contributed by atoms with Gasteiger partial charge < -0.3 is 0 Å². The van der Waals surface area contributed by atoms with Crippen molar-refractivity contribution in [1.82, 2.24) is 49.7 Å². The van der Waals surface area contributed by atoms with Crippen LogP contribution in [0, 0.1) is 41.5 Å². The van der Waals surface area contributed by atoms with Crippen LogP contribution in [-0.4, -0.2) is 75.9 Å². The minimum absolute atomic E-state index is 0.285. The van der Waals surface area contributed by atoms with E-state index in [9.17, 15) is 0 Å². The summed E-state index contributed by atoms with van der Waals surface area (Å²) >= 11 is 3.41. The Hall–Kier alpha value is -3.84. The van der Waals surface area contributed by atoms with E-state index in [1.807, 2.05) is 27.7 Å². The number of rotatable bonds is 6. The molecule has 6 aromatic rings. The molecule has 0 radical (unpaired) electrons. The van der Waals surface area contributed by atoms with Gasteiger partial charge >= 0.3 is 0 Å². The highest BCUT2D eigenvalue weighted by atomic mass is 32.1. The van der Waals surface area contributed by atoms with Gasteiger partial charge in [-0.05, 0) is 131 Å². The summed E-state index contributed by atoms with van der Waals surface area (Å²) in [5.41, 5.74) is 8.47. The van der Waals surface area contributed by atoms with Crippen molar-refractivity contribution in [3.63, 3.8) is 0 Å². The first kappa shape index (κ1) is 36.5. The number of nitrogens with zero attached hydrogens (tertiary/aromatic N) is 10. The summed E-state index contributed by atoms with van der Waals surface area (Å²) in [5.74, 6) is 2.68. The van der Waals surface area contributed by atoms with Crippen LogP contribution in [0.25, 0.3) is 20.7 Å². The van der Waals surface area contributed by atoms with Gasteiger partial charge in [0.1, 0.15) is 11.6 Å². The van der Waals surface area contributed by atoms with Crippen LogP contribution in [0.3, 0.4) is 0 Å². The Morgan fingerprint density at radius 3 is 1.38 bits per heavy atom. The fraction of sp³-hybridized carbons (Fsp3) is 0.500. The molecule has 272 valence electrons. The Labute approximate surface area is 315 Å². The molecule has 8 heterocycles. The van der Waals surface area contributed by atoms with Gasteiger partial charge in [0.2, 0.25) is 0 Å². The Morgan fingerprint density at radius 1 is 0.558 bits per heavy atom. The van der Waals surface area contributed by atoms with Crippen molar-refractivity contribution in [1.29, 1.82) is 0 Å². The molecule has 0 unspecified atom stereocenters. The van der Waals surface area contributed by atoms with Crippen molar-refractivity contribution in [3.05, 3.63) is 92.2 Å². The van der Waals surface area contributed by atoms with Crippen molar-refractivity contribution in [2.45, 2.75) is 105 Å². The molecule has 0 bridgehead atoms. The third-order valence-corrected chi connectivity index (χ3v) is 12.3. The number of fused-ring (bicyclic) bond motifs is 2. The van der Waals surface area contributed by atoms with Crippen LogP contribution in [0.4, 0.5) is 0 Å². The number of likely N-dealkylation sites (tertiary alicyclic amines) is 2. The molecule has 10 nitrogen and oxygen atoms in total.